The minimum atomic E-state index is -0.463. The van der Waals surface area contributed by atoms with Gasteiger partial charge in [0.15, 0.2) is 0 Å². The molecule has 0 aliphatic rings. The quantitative estimate of drug-likeness (QED) is 0.610. The number of benzene rings is 1. The summed E-state index contributed by atoms with van der Waals surface area (Å²) in [6.07, 6.45) is 2.02. The minimum absolute atomic E-state index is 0.0334. The number of aromatic nitrogens is 1. The van der Waals surface area contributed by atoms with Crippen molar-refractivity contribution in [2.24, 2.45) is 0 Å². The Bertz CT molecular complexity index is 1230. The topological polar surface area (TPSA) is 101 Å². The first-order valence-corrected chi connectivity index (χ1v) is 10.3. The molecule has 154 valence electrons. The highest BCUT2D eigenvalue weighted by Gasteiger charge is 2.23. The third kappa shape index (κ3) is 3.98. The molecule has 3 aromatic rings. The highest BCUT2D eigenvalue weighted by molar-refractivity contribution is 7.16. The van der Waals surface area contributed by atoms with Crippen LogP contribution in [0.25, 0.3) is 10.9 Å². The number of aryl methyl sites for hydroxylation is 1. The summed E-state index contributed by atoms with van der Waals surface area (Å²) < 4.78 is 6.73. The van der Waals surface area contributed by atoms with Gasteiger partial charge in [-0.25, -0.2) is 4.79 Å². The van der Waals surface area contributed by atoms with Gasteiger partial charge in [-0.05, 0) is 38.0 Å². The smallest absolute Gasteiger partial charge is 0.341 e. The highest BCUT2D eigenvalue weighted by atomic mass is 32.1. The number of fused-ring (bicyclic) bond motifs is 1. The summed E-state index contributed by atoms with van der Waals surface area (Å²) >= 11 is 1.33. The number of ether oxygens (including phenoxy) is 1. The lowest BCUT2D eigenvalue weighted by Gasteiger charge is -2.12. The first kappa shape index (κ1) is 21.3. The Labute approximate surface area is 177 Å². The molecule has 1 aromatic carbocycles. The van der Waals surface area contributed by atoms with Crippen molar-refractivity contribution in [3.05, 3.63) is 62.3 Å². The number of anilines is 1. The Kier molecular flexibility index (Phi) is 6.33. The van der Waals surface area contributed by atoms with Crippen LogP contribution < -0.4 is 10.7 Å². The Morgan fingerprint density at radius 3 is 2.67 bits per heavy atom. The van der Waals surface area contributed by atoms with Crippen LogP contribution in [0.4, 0.5) is 5.00 Å². The normalized spacial score (nSPS) is 10.6. The van der Waals surface area contributed by atoms with Gasteiger partial charge in [0.05, 0.1) is 17.7 Å². The molecule has 2 heterocycles. The second-order valence-corrected chi connectivity index (χ2v) is 7.82. The zero-order valence-electron chi connectivity index (χ0n) is 16.9. The van der Waals surface area contributed by atoms with Crippen molar-refractivity contribution in [2.45, 2.75) is 33.7 Å². The van der Waals surface area contributed by atoms with Crippen LogP contribution in [0.2, 0.25) is 0 Å². The van der Waals surface area contributed by atoms with E-state index in [2.05, 4.69) is 5.32 Å². The fourth-order valence-corrected chi connectivity index (χ4v) is 4.54. The maximum Gasteiger partial charge on any atom is 0.341 e. The number of rotatable bonds is 6. The van der Waals surface area contributed by atoms with E-state index in [1.165, 1.54) is 17.5 Å². The number of nitriles is 1. The summed E-state index contributed by atoms with van der Waals surface area (Å²) in [5.74, 6) is -0.836. The van der Waals surface area contributed by atoms with Gasteiger partial charge in [0.25, 0.3) is 0 Å². The molecule has 0 saturated heterocycles. The average molecular weight is 423 g/mol. The van der Waals surface area contributed by atoms with E-state index in [-0.39, 0.29) is 30.1 Å². The van der Waals surface area contributed by atoms with Crippen molar-refractivity contribution in [2.75, 3.05) is 11.9 Å². The molecule has 0 aliphatic heterocycles. The summed E-state index contributed by atoms with van der Waals surface area (Å²) in [5, 5.41) is 12.9. The molecule has 7 nitrogen and oxygen atoms in total. The Morgan fingerprint density at radius 2 is 2.00 bits per heavy atom. The molecule has 0 unspecified atom stereocenters. The van der Waals surface area contributed by atoms with E-state index in [0.29, 0.717) is 27.9 Å². The average Bonchev–Trinajstić information content (AvgIpc) is 3.04. The van der Waals surface area contributed by atoms with Gasteiger partial charge >= 0.3 is 5.97 Å². The highest BCUT2D eigenvalue weighted by Crippen LogP contribution is 2.34. The lowest BCUT2D eigenvalue weighted by atomic mass is 10.1. The number of amides is 1. The van der Waals surface area contributed by atoms with Crippen molar-refractivity contribution in [1.82, 2.24) is 4.57 Å². The predicted octanol–water partition coefficient (Wildman–Crippen LogP) is 3.62. The number of carbonyl (C=O) groups is 2. The number of hydrogen-bond donors (Lipinski definition) is 1. The van der Waals surface area contributed by atoms with Crippen molar-refractivity contribution >= 4 is 39.1 Å². The third-order valence-electron chi connectivity index (χ3n) is 4.72. The lowest BCUT2D eigenvalue weighted by Crippen LogP contribution is -2.22. The molecule has 1 N–H and O–H groups in total. The van der Waals surface area contributed by atoms with Gasteiger partial charge in [-0.1, -0.05) is 19.1 Å². The summed E-state index contributed by atoms with van der Waals surface area (Å²) in [4.78, 5) is 38.6. The van der Waals surface area contributed by atoms with Gasteiger partial charge in [-0.2, -0.15) is 5.26 Å². The van der Waals surface area contributed by atoms with E-state index < -0.39 is 5.97 Å². The zero-order valence-corrected chi connectivity index (χ0v) is 17.8. The molecule has 0 aliphatic carbocycles. The zero-order chi connectivity index (χ0) is 21.8. The largest absolute Gasteiger partial charge is 0.462 e. The molecule has 0 atom stereocenters. The van der Waals surface area contributed by atoms with E-state index in [1.807, 2.05) is 19.9 Å². The van der Waals surface area contributed by atoms with Crippen LogP contribution in [0.15, 0.2) is 35.3 Å². The number of pyridine rings is 1. The summed E-state index contributed by atoms with van der Waals surface area (Å²) in [5.41, 5.74) is 1.40. The molecule has 8 heteroatoms. The monoisotopic (exact) mass is 423 g/mol. The Balaban J connectivity index is 1.96. The van der Waals surface area contributed by atoms with Gasteiger partial charge in [-0.15, -0.1) is 11.3 Å². The third-order valence-corrected chi connectivity index (χ3v) is 5.78. The van der Waals surface area contributed by atoms with Crippen molar-refractivity contribution in [3.8, 4) is 6.07 Å². The molecule has 0 bridgehead atoms. The molecule has 2 aromatic heterocycles. The fourth-order valence-electron chi connectivity index (χ4n) is 3.39. The SMILES string of the molecule is CCOC(=O)c1c(NC(=O)Cn2cc(C#N)c(=O)c3ccccc32)sc(C)c1CC. The molecular weight excluding hydrogens is 402 g/mol. The van der Waals surface area contributed by atoms with Gasteiger partial charge in [0, 0.05) is 16.5 Å². The molecule has 0 radical (unpaired) electrons. The van der Waals surface area contributed by atoms with Crippen LogP contribution in [0.5, 0.6) is 0 Å². The number of nitrogens with one attached hydrogen (secondary N) is 1. The van der Waals surface area contributed by atoms with E-state index in [0.717, 1.165) is 10.4 Å². The number of esters is 1. The number of thiophene rings is 1. The first-order chi connectivity index (χ1) is 14.4. The summed E-state index contributed by atoms with van der Waals surface area (Å²) in [6.45, 7) is 5.70. The van der Waals surface area contributed by atoms with Gasteiger partial charge in [0.2, 0.25) is 11.3 Å². The maximum absolute atomic E-state index is 12.8. The van der Waals surface area contributed by atoms with E-state index in [9.17, 15) is 19.6 Å². The Morgan fingerprint density at radius 1 is 1.27 bits per heavy atom. The van der Waals surface area contributed by atoms with Crippen molar-refractivity contribution in [1.29, 1.82) is 5.26 Å². The van der Waals surface area contributed by atoms with Crippen LogP contribution in [0.3, 0.4) is 0 Å². The molecule has 3 rings (SSSR count). The standard InChI is InChI=1S/C22H21N3O4S/c1-4-15-13(3)30-21(19(15)22(28)29-5-2)24-18(26)12-25-11-14(10-23)20(27)16-8-6-7-9-17(16)25/h6-9,11H,4-5,12H2,1-3H3,(H,24,26). The van der Waals surface area contributed by atoms with Gasteiger partial charge in [0.1, 0.15) is 23.2 Å². The lowest BCUT2D eigenvalue weighted by molar-refractivity contribution is -0.116. The Hall–Kier alpha value is -3.44. The maximum atomic E-state index is 12.8. The number of para-hydroxylation sites is 1. The molecule has 0 saturated carbocycles. The van der Waals surface area contributed by atoms with Crippen LogP contribution in [-0.2, 0) is 22.5 Å². The van der Waals surface area contributed by atoms with Crippen molar-refractivity contribution < 1.29 is 14.3 Å². The first-order valence-electron chi connectivity index (χ1n) is 9.52. The number of hydrogen-bond acceptors (Lipinski definition) is 6. The second-order valence-electron chi connectivity index (χ2n) is 6.59. The summed E-state index contributed by atoms with van der Waals surface area (Å²) in [7, 11) is 0. The van der Waals surface area contributed by atoms with Gasteiger partial charge in [-0.3, -0.25) is 9.59 Å². The van der Waals surface area contributed by atoms with Gasteiger partial charge < -0.3 is 14.6 Å². The number of carbonyl (C=O) groups excluding carboxylic acids is 2. The molecule has 0 spiro atoms. The molecule has 1 amide bonds. The summed E-state index contributed by atoms with van der Waals surface area (Å²) in [6, 6.07) is 8.70. The minimum Gasteiger partial charge on any atom is -0.462 e. The van der Waals surface area contributed by atoms with Crippen LogP contribution in [0.1, 0.15) is 40.2 Å². The van der Waals surface area contributed by atoms with Crippen LogP contribution in [-0.4, -0.2) is 23.1 Å². The fraction of sp³-hybridized carbons (Fsp3) is 0.273. The predicted molar refractivity (Wildman–Crippen MR) is 116 cm³/mol. The number of nitrogens with zero attached hydrogens (tertiary/aromatic N) is 2. The van der Waals surface area contributed by atoms with E-state index in [4.69, 9.17) is 4.74 Å². The van der Waals surface area contributed by atoms with Crippen LogP contribution >= 0.6 is 11.3 Å². The van der Waals surface area contributed by atoms with Crippen LogP contribution in [0, 0.1) is 18.3 Å². The van der Waals surface area contributed by atoms with E-state index >= 15 is 0 Å². The molecule has 30 heavy (non-hydrogen) atoms. The molecule has 0 fully saturated rings. The second kappa shape index (κ2) is 8.93. The molecular formula is C22H21N3O4S. The van der Waals surface area contributed by atoms with E-state index in [1.54, 1.807) is 35.8 Å². The van der Waals surface area contributed by atoms with Crippen molar-refractivity contribution in [3.63, 3.8) is 0 Å².